The van der Waals surface area contributed by atoms with E-state index in [4.69, 9.17) is 9.52 Å². The summed E-state index contributed by atoms with van der Waals surface area (Å²) in [4.78, 5) is 27.7. The Labute approximate surface area is 168 Å². The highest BCUT2D eigenvalue weighted by Gasteiger charge is 2.24. The lowest BCUT2D eigenvalue weighted by molar-refractivity contribution is 0.0697. The standard InChI is InChI=1S/C21H13FN2O4S/c22-14-5-7-15(8-6-14)23-19-18(29-21(27)24-19)11-16-9-10-17(28-16)12-1-3-13(4-2-12)20(25)26/h1-11H,(H,25,26)(H,23,24,27). The van der Waals surface area contributed by atoms with Crippen LogP contribution >= 0.6 is 11.8 Å². The molecule has 144 valence electrons. The number of carboxylic acids is 1. The van der Waals surface area contributed by atoms with Crippen LogP contribution in [0, 0.1) is 5.82 Å². The highest BCUT2D eigenvalue weighted by molar-refractivity contribution is 8.18. The summed E-state index contributed by atoms with van der Waals surface area (Å²) in [7, 11) is 0. The van der Waals surface area contributed by atoms with Gasteiger partial charge in [-0.1, -0.05) is 12.1 Å². The average Bonchev–Trinajstić information content (AvgIpc) is 3.30. The van der Waals surface area contributed by atoms with Crippen LogP contribution < -0.4 is 5.32 Å². The minimum atomic E-state index is -0.996. The molecule has 2 N–H and O–H groups in total. The van der Waals surface area contributed by atoms with Gasteiger partial charge in [0, 0.05) is 5.56 Å². The number of nitrogens with zero attached hydrogens (tertiary/aromatic N) is 1. The number of nitrogens with one attached hydrogen (secondary N) is 1. The number of carbonyl (C=O) groups excluding carboxylic acids is 1. The lowest BCUT2D eigenvalue weighted by Gasteiger charge is -2.00. The summed E-state index contributed by atoms with van der Waals surface area (Å²) < 4.78 is 18.9. The van der Waals surface area contributed by atoms with Crippen molar-refractivity contribution in [1.29, 1.82) is 0 Å². The van der Waals surface area contributed by atoms with E-state index in [9.17, 15) is 14.0 Å². The van der Waals surface area contributed by atoms with Crippen LogP contribution in [0.3, 0.4) is 0 Å². The summed E-state index contributed by atoms with van der Waals surface area (Å²) in [6, 6.07) is 15.4. The fraction of sp³-hybridized carbons (Fsp3) is 0. The van der Waals surface area contributed by atoms with Crippen molar-refractivity contribution in [3.8, 4) is 11.3 Å². The highest BCUT2D eigenvalue weighted by Crippen LogP contribution is 2.30. The number of amidine groups is 1. The lowest BCUT2D eigenvalue weighted by Crippen LogP contribution is -2.18. The largest absolute Gasteiger partial charge is 0.478 e. The summed E-state index contributed by atoms with van der Waals surface area (Å²) in [5, 5.41) is 11.4. The minimum Gasteiger partial charge on any atom is -0.478 e. The summed E-state index contributed by atoms with van der Waals surface area (Å²) in [5.74, 6) is 0.0652. The number of hydrogen-bond acceptors (Lipinski definition) is 5. The van der Waals surface area contributed by atoms with E-state index in [-0.39, 0.29) is 16.6 Å². The normalized spacial score (nSPS) is 16.4. The number of carboxylic acid groups (broad SMARTS) is 1. The number of halogens is 1. The smallest absolute Gasteiger partial charge is 0.335 e. The van der Waals surface area contributed by atoms with E-state index in [0.717, 1.165) is 17.3 Å². The first-order valence-electron chi connectivity index (χ1n) is 8.47. The Balaban J connectivity index is 1.60. The quantitative estimate of drug-likeness (QED) is 0.610. The average molecular weight is 408 g/mol. The zero-order valence-corrected chi connectivity index (χ0v) is 15.6. The van der Waals surface area contributed by atoms with Crippen LogP contribution in [0.25, 0.3) is 17.4 Å². The van der Waals surface area contributed by atoms with Crippen molar-refractivity contribution in [2.24, 2.45) is 4.99 Å². The van der Waals surface area contributed by atoms with Gasteiger partial charge >= 0.3 is 5.97 Å². The Morgan fingerprint density at radius 1 is 1.07 bits per heavy atom. The van der Waals surface area contributed by atoms with E-state index in [1.807, 2.05) is 0 Å². The maximum Gasteiger partial charge on any atom is 0.335 e. The van der Waals surface area contributed by atoms with Crippen LogP contribution in [0.2, 0.25) is 0 Å². The molecule has 29 heavy (non-hydrogen) atoms. The minimum absolute atomic E-state index is 0.191. The van der Waals surface area contributed by atoms with Crippen LogP contribution in [0.5, 0.6) is 0 Å². The molecule has 0 bridgehead atoms. The second-order valence-corrected chi connectivity index (χ2v) is 7.06. The van der Waals surface area contributed by atoms with Gasteiger partial charge in [-0.15, -0.1) is 0 Å². The van der Waals surface area contributed by atoms with Gasteiger partial charge in [0.05, 0.1) is 16.2 Å². The van der Waals surface area contributed by atoms with Crippen LogP contribution in [0.1, 0.15) is 16.1 Å². The van der Waals surface area contributed by atoms with Gasteiger partial charge in [0.2, 0.25) is 0 Å². The van der Waals surface area contributed by atoms with Gasteiger partial charge in [0.15, 0.2) is 0 Å². The molecule has 6 nitrogen and oxygen atoms in total. The molecule has 0 aliphatic carbocycles. The first kappa shape index (κ1) is 18.7. The van der Waals surface area contributed by atoms with E-state index < -0.39 is 5.97 Å². The van der Waals surface area contributed by atoms with Crippen LogP contribution in [-0.2, 0) is 0 Å². The highest BCUT2D eigenvalue weighted by atomic mass is 32.2. The van der Waals surface area contributed by atoms with Crippen LogP contribution in [0.4, 0.5) is 14.9 Å². The van der Waals surface area contributed by atoms with Crippen molar-refractivity contribution in [1.82, 2.24) is 5.32 Å². The molecule has 4 rings (SSSR count). The SMILES string of the molecule is O=C1NC(=Nc2ccc(F)cc2)C(=Cc2ccc(-c3ccc(C(=O)O)cc3)o2)S1. The molecule has 2 heterocycles. The summed E-state index contributed by atoms with van der Waals surface area (Å²) in [6.07, 6.45) is 1.68. The van der Waals surface area contributed by atoms with Gasteiger partial charge in [-0.25, -0.2) is 14.2 Å². The Kier molecular flexibility index (Phi) is 5.01. The molecule has 0 unspecified atom stereocenters. The molecule has 1 aliphatic heterocycles. The van der Waals surface area contributed by atoms with Gasteiger partial charge in [-0.05, 0) is 66.4 Å². The predicted octanol–water partition coefficient (Wildman–Crippen LogP) is 5.31. The number of benzene rings is 2. The monoisotopic (exact) mass is 408 g/mol. The molecular formula is C21H13FN2O4S. The third kappa shape index (κ3) is 4.27. The molecule has 0 atom stereocenters. The molecule has 1 aliphatic rings. The molecule has 1 amide bonds. The lowest BCUT2D eigenvalue weighted by atomic mass is 10.1. The molecule has 0 spiro atoms. The van der Waals surface area contributed by atoms with Gasteiger partial charge in [0.1, 0.15) is 23.2 Å². The fourth-order valence-corrected chi connectivity index (χ4v) is 3.37. The van der Waals surface area contributed by atoms with Gasteiger partial charge in [-0.2, -0.15) is 0 Å². The molecule has 2 aromatic carbocycles. The van der Waals surface area contributed by atoms with Gasteiger partial charge < -0.3 is 14.8 Å². The molecule has 0 saturated carbocycles. The van der Waals surface area contributed by atoms with Crippen molar-refractivity contribution in [3.05, 3.63) is 82.7 Å². The zero-order chi connectivity index (χ0) is 20.4. The summed E-state index contributed by atoms with van der Waals surface area (Å²) in [5.41, 5.74) is 1.43. The number of carbonyl (C=O) groups is 2. The second-order valence-electron chi connectivity index (χ2n) is 6.04. The zero-order valence-electron chi connectivity index (χ0n) is 14.8. The molecule has 1 aromatic heterocycles. The summed E-state index contributed by atoms with van der Waals surface area (Å²) >= 11 is 0.982. The predicted molar refractivity (Wildman–Crippen MR) is 109 cm³/mol. The fourth-order valence-electron chi connectivity index (χ4n) is 2.65. The van der Waals surface area contributed by atoms with Crippen molar-refractivity contribution in [3.63, 3.8) is 0 Å². The molecule has 8 heteroatoms. The maximum atomic E-state index is 13.1. The molecule has 0 radical (unpaired) electrons. The van der Waals surface area contributed by atoms with Crippen LogP contribution in [-0.4, -0.2) is 22.2 Å². The van der Waals surface area contributed by atoms with Crippen molar-refractivity contribution in [2.45, 2.75) is 0 Å². The number of amides is 1. The Bertz CT molecular complexity index is 1150. The van der Waals surface area contributed by atoms with E-state index in [2.05, 4.69) is 10.3 Å². The third-order valence-electron chi connectivity index (χ3n) is 4.04. The first-order valence-corrected chi connectivity index (χ1v) is 9.28. The van der Waals surface area contributed by atoms with E-state index in [1.165, 1.54) is 36.4 Å². The number of aliphatic imine (C=N–C) groups is 1. The molecular weight excluding hydrogens is 395 g/mol. The first-order chi connectivity index (χ1) is 14.0. The number of furan rings is 1. The Morgan fingerprint density at radius 3 is 2.48 bits per heavy atom. The van der Waals surface area contributed by atoms with Gasteiger partial charge in [0.25, 0.3) is 5.24 Å². The maximum absolute atomic E-state index is 13.1. The number of rotatable bonds is 4. The Morgan fingerprint density at radius 2 is 1.79 bits per heavy atom. The molecule has 1 fully saturated rings. The van der Waals surface area contributed by atoms with Crippen molar-refractivity contribution in [2.75, 3.05) is 0 Å². The van der Waals surface area contributed by atoms with Gasteiger partial charge in [-0.3, -0.25) is 4.79 Å². The van der Waals surface area contributed by atoms with E-state index in [1.54, 1.807) is 30.3 Å². The van der Waals surface area contributed by atoms with E-state index >= 15 is 0 Å². The summed E-state index contributed by atoms with van der Waals surface area (Å²) in [6.45, 7) is 0. The second kappa shape index (κ2) is 7.76. The third-order valence-corrected chi connectivity index (χ3v) is 4.86. The number of aromatic carboxylic acids is 1. The number of thioether (sulfide) groups is 1. The number of hydrogen-bond donors (Lipinski definition) is 2. The molecule has 1 saturated heterocycles. The van der Waals surface area contributed by atoms with Crippen molar-refractivity contribution < 1.29 is 23.5 Å². The van der Waals surface area contributed by atoms with Crippen LogP contribution in [0.15, 0.2) is 75.0 Å². The Hall–Kier alpha value is -3.65. The topological polar surface area (TPSA) is 91.9 Å². The molecule has 3 aromatic rings. The van der Waals surface area contributed by atoms with Crippen molar-refractivity contribution >= 4 is 40.6 Å². The van der Waals surface area contributed by atoms with E-state index in [0.29, 0.717) is 27.9 Å².